The molecule has 2 atom stereocenters. The Balaban J connectivity index is 1.63. The van der Waals surface area contributed by atoms with Gasteiger partial charge in [-0.1, -0.05) is 6.07 Å². The minimum absolute atomic E-state index is 0.0109. The molecule has 2 aromatic carbocycles. The molecule has 1 fully saturated rings. The summed E-state index contributed by atoms with van der Waals surface area (Å²) in [6, 6.07) is 10.0. The van der Waals surface area contributed by atoms with Gasteiger partial charge in [-0.25, -0.2) is 4.39 Å². The maximum absolute atomic E-state index is 15.2. The first-order chi connectivity index (χ1) is 19.4. The Labute approximate surface area is 231 Å². The van der Waals surface area contributed by atoms with E-state index in [1.54, 1.807) is 13.0 Å². The summed E-state index contributed by atoms with van der Waals surface area (Å²) in [7, 11) is 1.38. The van der Waals surface area contributed by atoms with E-state index in [0.717, 1.165) is 24.3 Å². The zero-order valence-electron chi connectivity index (χ0n) is 22.1. The maximum atomic E-state index is 15.2. The number of aromatic nitrogens is 1. The first-order valence-corrected chi connectivity index (χ1v) is 12.5. The highest BCUT2D eigenvalue weighted by Crippen LogP contribution is 2.38. The highest BCUT2D eigenvalue weighted by Gasteiger charge is 2.44. The fourth-order valence-electron chi connectivity index (χ4n) is 4.85. The third-order valence-electron chi connectivity index (χ3n) is 6.84. The second kappa shape index (κ2) is 12.0. The van der Waals surface area contributed by atoms with Gasteiger partial charge in [0.2, 0.25) is 5.91 Å². The van der Waals surface area contributed by atoms with E-state index in [1.165, 1.54) is 41.0 Å². The highest BCUT2D eigenvalue weighted by molar-refractivity contribution is 6.00. The zero-order chi connectivity index (χ0) is 29.9. The van der Waals surface area contributed by atoms with Crippen molar-refractivity contribution < 1.29 is 41.7 Å². The normalized spacial score (nSPS) is 17.0. The van der Waals surface area contributed by atoms with Crippen molar-refractivity contribution in [2.24, 2.45) is 5.92 Å². The minimum atomic E-state index is -4.89. The minimum Gasteiger partial charge on any atom is -0.497 e. The summed E-state index contributed by atoms with van der Waals surface area (Å²) >= 11 is 0. The van der Waals surface area contributed by atoms with Gasteiger partial charge in [0.05, 0.1) is 19.6 Å². The van der Waals surface area contributed by atoms with Gasteiger partial charge in [-0.05, 0) is 54.4 Å². The molecule has 0 bridgehead atoms. The first-order valence-electron chi connectivity index (χ1n) is 12.5. The molecule has 1 aliphatic heterocycles. The van der Waals surface area contributed by atoms with Crippen LogP contribution in [0.2, 0.25) is 0 Å². The topological polar surface area (TPSA) is 110 Å². The summed E-state index contributed by atoms with van der Waals surface area (Å²) in [4.78, 5) is 41.0. The molecule has 2 amide bonds. The number of anilines is 1. The molecule has 9 nitrogen and oxygen atoms in total. The number of methoxy groups -OCH3 is 1. The molecule has 13 heteroatoms. The molecule has 0 saturated carbocycles. The van der Waals surface area contributed by atoms with Crippen molar-refractivity contribution in [3.8, 4) is 11.5 Å². The summed E-state index contributed by atoms with van der Waals surface area (Å²) in [5, 5.41) is 11.9. The maximum Gasteiger partial charge on any atom is 0.573 e. The third kappa shape index (κ3) is 6.51. The number of aliphatic hydroxyl groups excluding tert-OH is 1. The van der Waals surface area contributed by atoms with Gasteiger partial charge in [0.1, 0.15) is 23.0 Å². The average molecular weight is 578 g/mol. The molecule has 218 valence electrons. The number of carbonyl (C=O) groups excluding carboxylic acids is 2. The summed E-state index contributed by atoms with van der Waals surface area (Å²) in [5.74, 6) is -3.84. The van der Waals surface area contributed by atoms with E-state index in [1.807, 2.05) is 0 Å². The van der Waals surface area contributed by atoms with Crippen molar-refractivity contribution in [3.63, 3.8) is 0 Å². The van der Waals surface area contributed by atoms with Crippen LogP contribution in [0.4, 0.5) is 23.2 Å². The number of pyridine rings is 1. The van der Waals surface area contributed by atoms with E-state index < -0.39 is 47.1 Å². The Kier molecular flexibility index (Phi) is 8.66. The van der Waals surface area contributed by atoms with Crippen molar-refractivity contribution in [1.29, 1.82) is 0 Å². The second-order valence-corrected chi connectivity index (χ2v) is 9.40. The van der Waals surface area contributed by atoms with Crippen LogP contribution in [0, 0.1) is 18.7 Å². The van der Waals surface area contributed by atoms with Crippen molar-refractivity contribution in [3.05, 3.63) is 87.6 Å². The molecular weight excluding hydrogens is 550 g/mol. The smallest absolute Gasteiger partial charge is 0.497 e. The molecule has 1 aromatic heterocycles. The molecule has 1 unspecified atom stereocenters. The van der Waals surface area contributed by atoms with Gasteiger partial charge in [0.15, 0.2) is 0 Å². The van der Waals surface area contributed by atoms with Gasteiger partial charge in [-0.15, -0.1) is 13.2 Å². The van der Waals surface area contributed by atoms with E-state index in [2.05, 4.69) is 10.1 Å². The first kappa shape index (κ1) is 29.6. The number of aliphatic hydroxyl groups is 1. The Morgan fingerprint density at radius 2 is 1.78 bits per heavy atom. The van der Waals surface area contributed by atoms with Gasteiger partial charge in [0, 0.05) is 43.4 Å². The molecule has 4 rings (SSSR count). The molecule has 41 heavy (non-hydrogen) atoms. The van der Waals surface area contributed by atoms with E-state index >= 15 is 4.39 Å². The van der Waals surface area contributed by atoms with Gasteiger partial charge in [-0.3, -0.25) is 14.4 Å². The van der Waals surface area contributed by atoms with Crippen LogP contribution in [0.5, 0.6) is 11.5 Å². The van der Waals surface area contributed by atoms with Crippen LogP contribution in [-0.2, 0) is 11.3 Å². The molecule has 2 heterocycles. The van der Waals surface area contributed by atoms with Crippen molar-refractivity contribution in [2.75, 3.05) is 31.7 Å². The molecule has 0 aliphatic carbocycles. The summed E-state index contributed by atoms with van der Waals surface area (Å²) < 4.78 is 62.6. The summed E-state index contributed by atoms with van der Waals surface area (Å²) in [6.45, 7) is 1.05. The lowest BCUT2D eigenvalue weighted by molar-refractivity contribution is -0.274. The lowest BCUT2D eigenvalue weighted by Crippen LogP contribution is -2.38. The van der Waals surface area contributed by atoms with Crippen LogP contribution in [0.15, 0.2) is 59.5 Å². The summed E-state index contributed by atoms with van der Waals surface area (Å²) in [5.41, 5.74) is 0.266. The average Bonchev–Trinajstić information content (AvgIpc) is 3.23. The molecule has 0 radical (unpaired) electrons. The van der Waals surface area contributed by atoms with Crippen LogP contribution < -0.4 is 25.2 Å². The molecule has 1 saturated heterocycles. The molecule has 0 spiro atoms. The van der Waals surface area contributed by atoms with E-state index in [-0.39, 0.29) is 48.8 Å². The third-order valence-corrected chi connectivity index (χ3v) is 6.84. The SMILES string of the molecule is COc1ccc([C@@H]2CN(c3c(C)ccn(CCO)c3=O)C(=O)C2CNC(=O)c2ccc(OC(F)(F)F)cc2)c(F)c1. The van der Waals surface area contributed by atoms with Crippen LogP contribution >= 0.6 is 0 Å². The van der Waals surface area contributed by atoms with Crippen LogP contribution in [0.25, 0.3) is 0 Å². The highest BCUT2D eigenvalue weighted by atomic mass is 19.4. The number of hydrogen-bond donors (Lipinski definition) is 2. The monoisotopic (exact) mass is 577 g/mol. The van der Waals surface area contributed by atoms with E-state index in [9.17, 15) is 32.7 Å². The van der Waals surface area contributed by atoms with Gasteiger partial charge >= 0.3 is 6.36 Å². The fourth-order valence-corrected chi connectivity index (χ4v) is 4.85. The zero-order valence-corrected chi connectivity index (χ0v) is 22.1. The van der Waals surface area contributed by atoms with Crippen molar-refractivity contribution >= 4 is 17.5 Å². The van der Waals surface area contributed by atoms with E-state index in [4.69, 9.17) is 4.74 Å². The number of rotatable bonds is 9. The number of benzene rings is 2. The van der Waals surface area contributed by atoms with Gasteiger partial charge in [-0.2, -0.15) is 0 Å². The number of carbonyl (C=O) groups is 2. The predicted molar refractivity (Wildman–Crippen MR) is 140 cm³/mol. The predicted octanol–water partition coefficient (Wildman–Crippen LogP) is 3.37. The van der Waals surface area contributed by atoms with Crippen molar-refractivity contribution in [2.45, 2.75) is 25.7 Å². The Morgan fingerprint density at radius 3 is 2.39 bits per heavy atom. The van der Waals surface area contributed by atoms with Crippen LogP contribution in [0.1, 0.15) is 27.4 Å². The Hall–Kier alpha value is -4.39. The molecule has 1 aliphatic rings. The lowest BCUT2D eigenvalue weighted by Gasteiger charge is -2.20. The number of alkyl halides is 3. The largest absolute Gasteiger partial charge is 0.573 e. The Morgan fingerprint density at radius 1 is 1.10 bits per heavy atom. The number of hydrogen-bond acceptors (Lipinski definition) is 6. The van der Waals surface area contributed by atoms with E-state index in [0.29, 0.717) is 5.56 Å². The van der Waals surface area contributed by atoms with Crippen molar-refractivity contribution in [1.82, 2.24) is 9.88 Å². The number of nitrogens with zero attached hydrogens (tertiary/aromatic N) is 2. The fraction of sp³-hybridized carbons (Fsp3) is 0.321. The van der Waals surface area contributed by atoms with Crippen LogP contribution in [-0.4, -0.2) is 54.7 Å². The lowest BCUT2D eigenvalue weighted by atomic mass is 9.88. The number of nitrogens with one attached hydrogen (secondary N) is 1. The van der Waals surface area contributed by atoms with Gasteiger partial charge in [0.25, 0.3) is 11.5 Å². The van der Waals surface area contributed by atoms with Crippen LogP contribution in [0.3, 0.4) is 0 Å². The quantitative estimate of drug-likeness (QED) is 0.378. The second-order valence-electron chi connectivity index (χ2n) is 9.40. The molecule has 2 N–H and O–H groups in total. The number of halogens is 4. The standard InChI is InChI=1S/C28H27F4N3O6/c1-16-9-10-34(11-12-36)27(39)24(16)35-15-22(20-8-7-19(40-2)13-23(20)29)21(26(35)38)14-33-25(37)17-3-5-18(6-4-17)41-28(30,31)32/h3-10,13,21-22,36H,11-12,14-15H2,1-2H3,(H,33,37)/t21?,22-/m0/s1. The summed E-state index contributed by atoms with van der Waals surface area (Å²) in [6.07, 6.45) is -3.38. The number of aryl methyl sites for hydroxylation is 1. The number of amides is 2. The molecular formula is C28H27F4N3O6. The number of ether oxygens (including phenoxy) is 2. The Bertz CT molecular complexity index is 1490. The van der Waals surface area contributed by atoms with Gasteiger partial charge < -0.3 is 29.4 Å². The molecule has 3 aromatic rings.